The molecule has 140 valence electrons. The van der Waals surface area contributed by atoms with Gasteiger partial charge in [0, 0.05) is 37.1 Å². The zero-order chi connectivity index (χ0) is 19.1. The number of aryl methyl sites for hydroxylation is 2. The smallest absolute Gasteiger partial charge is 0.410 e. The van der Waals surface area contributed by atoms with Crippen LogP contribution in [0, 0.1) is 13.8 Å². The van der Waals surface area contributed by atoms with Gasteiger partial charge in [-0.15, -0.1) is 0 Å². The third-order valence-electron chi connectivity index (χ3n) is 4.54. The first kappa shape index (κ1) is 18.3. The highest BCUT2D eigenvalue weighted by Gasteiger charge is 2.28. The van der Waals surface area contributed by atoms with E-state index < -0.39 is 5.60 Å². The van der Waals surface area contributed by atoms with Gasteiger partial charge in [-0.1, -0.05) is 6.07 Å². The third-order valence-corrected chi connectivity index (χ3v) is 4.54. The molecule has 0 atom stereocenters. The summed E-state index contributed by atoms with van der Waals surface area (Å²) < 4.78 is 5.40. The molecular weight excluding hydrogens is 330 g/mol. The highest BCUT2D eigenvalue weighted by Crippen LogP contribution is 2.22. The van der Waals surface area contributed by atoms with Crippen molar-refractivity contribution in [2.75, 3.05) is 26.2 Å². The lowest BCUT2D eigenvalue weighted by atomic mass is 10.1. The summed E-state index contributed by atoms with van der Waals surface area (Å²) in [5.74, 6) is -0.0258. The second-order valence-corrected chi connectivity index (χ2v) is 7.99. The van der Waals surface area contributed by atoms with E-state index in [9.17, 15) is 9.59 Å². The van der Waals surface area contributed by atoms with Crippen molar-refractivity contribution in [1.29, 1.82) is 0 Å². The topological polar surface area (TPSA) is 65.6 Å². The number of piperazine rings is 1. The first-order chi connectivity index (χ1) is 12.1. The van der Waals surface area contributed by atoms with Crippen LogP contribution in [-0.4, -0.2) is 58.6 Å². The molecule has 1 aliphatic heterocycles. The summed E-state index contributed by atoms with van der Waals surface area (Å²) in [6.07, 6.45) is -0.318. The van der Waals surface area contributed by atoms with Gasteiger partial charge in [-0.3, -0.25) is 4.79 Å². The van der Waals surface area contributed by atoms with Crippen LogP contribution in [0.1, 0.15) is 42.4 Å². The maximum Gasteiger partial charge on any atom is 0.410 e. The van der Waals surface area contributed by atoms with Crippen LogP contribution in [0.25, 0.3) is 10.9 Å². The van der Waals surface area contributed by atoms with Crippen molar-refractivity contribution in [2.24, 2.45) is 0 Å². The van der Waals surface area contributed by atoms with Crippen molar-refractivity contribution >= 4 is 22.9 Å². The Morgan fingerprint density at radius 1 is 1.00 bits per heavy atom. The van der Waals surface area contributed by atoms with Gasteiger partial charge in [0.2, 0.25) is 0 Å². The largest absolute Gasteiger partial charge is 0.444 e. The molecule has 6 heteroatoms. The SMILES string of the molecule is Cc1cc(C)c2cc(C(=O)N3CCN(C(=O)OC(C)(C)C)CC3)[nH]c2c1. The van der Waals surface area contributed by atoms with E-state index in [1.54, 1.807) is 9.80 Å². The maximum atomic E-state index is 12.8. The molecule has 0 saturated carbocycles. The average Bonchev–Trinajstić information content (AvgIpc) is 2.97. The first-order valence-electron chi connectivity index (χ1n) is 9.01. The highest BCUT2D eigenvalue weighted by molar-refractivity contribution is 5.99. The Morgan fingerprint density at radius 3 is 2.23 bits per heavy atom. The number of fused-ring (bicyclic) bond motifs is 1. The Morgan fingerprint density at radius 2 is 1.62 bits per heavy atom. The number of amides is 2. The normalized spacial score (nSPS) is 15.4. The van der Waals surface area contributed by atoms with Gasteiger partial charge in [0.05, 0.1) is 0 Å². The van der Waals surface area contributed by atoms with E-state index in [0.29, 0.717) is 31.9 Å². The van der Waals surface area contributed by atoms with E-state index in [-0.39, 0.29) is 12.0 Å². The lowest BCUT2D eigenvalue weighted by Crippen LogP contribution is -2.51. The number of carbonyl (C=O) groups excluding carboxylic acids is 2. The molecule has 6 nitrogen and oxygen atoms in total. The predicted molar refractivity (Wildman–Crippen MR) is 101 cm³/mol. The van der Waals surface area contributed by atoms with E-state index in [1.807, 2.05) is 33.8 Å². The molecule has 2 aromatic rings. The van der Waals surface area contributed by atoms with E-state index in [4.69, 9.17) is 4.74 Å². The molecule has 1 N–H and O–H groups in total. The lowest BCUT2D eigenvalue weighted by Gasteiger charge is -2.35. The number of aromatic nitrogens is 1. The first-order valence-corrected chi connectivity index (χ1v) is 9.01. The van der Waals surface area contributed by atoms with E-state index in [1.165, 1.54) is 5.56 Å². The number of nitrogens with one attached hydrogen (secondary N) is 1. The van der Waals surface area contributed by atoms with Gasteiger partial charge in [-0.05, 0) is 57.9 Å². The second-order valence-electron chi connectivity index (χ2n) is 7.99. The van der Waals surface area contributed by atoms with Crippen molar-refractivity contribution in [1.82, 2.24) is 14.8 Å². The number of H-pyrrole nitrogens is 1. The van der Waals surface area contributed by atoms with E-state index >= 15 is 0 Å². The van der Waals surface area contributed by atoms with Gasteiger partial charge in [0.25, 0.3) is 5.91 Å². The minimum atomic E-state index is -0.510. The summed E-state index contributed by atoms with van der Waals surface area (Å²) in [4.78, 5) is 31.7. The molecule has 2 heterocycles. The number of rotatable bonds is 1. The molecule has 0 radical (unpaired) electrons. The van der Waals surface area contributed by atoms with Crippen LogP contribution < -0.4 is 0 Å². The van der Waals surface area contributed by atoms with Gasteiger partial charge in [0.1, 0.15) is 11.3 Å². The van der Waals surface area contributed by atoms with Crippen molar-refractivity contribution in [2.45, 2.75) is 40.2 Å². The van der Waals surface area contributed by atoms with Gasteiger partial charge < -0.3 is 19.5 Å². The number of hydrogen-bond acceptors (Lipinski definition) is 3. The van der Waals surface area contributed by atoms with Crippen LogP contribution in [0.4, 0.5) is 4.79 Å². The van der Waals surface area contributed by atoms with Crippen LogP contribution in [0.5, 0.6) is 0 Å². The molecule has 0 bridgehead atoms. The number of ether oxygens (including phenoxy) is 1. The summed E-state index contributed by atoms with van der Waals surface area (Å²) in [5.41, 5.74) is 3.40. The molecule has 1 aromatic carbocycles. The van der Waals surface area contributed by atoms with Crippen LogP contribution in [0.15, 0.2) is 18.2 Å². The zero-order valence-corrected chi connectivity index (χ0v) is 16.2. The van der Waals surface area contributed by atoms with Gasteiger partial charge in [-0.2, -0.15) is 0 Å². The molecule has 1 fully saturated rings. The minimum Gasteiger partial charge on any atom is -0.444 e. The molecule has 0 spiro atoms. The van der Waals surface area contributed by atoms with Crippen molar-refractivity contribution in [3.63, 3.8) is 0 Å². The molecule has 2 amide bonds. The van der Waals surface area contributed by atoms with Crippen molar-refractivity contribution in [3.8, 4) is 0 Å². The zero-order valence-electron chi connectivity index (χ0n) is 16.2. The number of nitrogens with zero attached hydrogens (tertiary/aromatic N) is 2. The van der Waals surface area contributed by atoms with Crippen molar-refractivity contribution in [3.05, 3.63) is 35.0 Å². The van der Waals surface area contributed by atoms with Gasteiger partial charge >= 0.3 is 6.09 Å². The van der Waals surface area contributed by atoms with Crippen LogP contribution >= 0.6 is 0 Å². The monoisotopic (exact) mass is 357 g/mol. The van der Waals surface area contributed by atoms with E-state index in [0.717, 1.165) is 16.5 Å². The molecule has 1 aromatic heterocycles. The summed E-state index contributed by atoms with van der Waals surface area (Å²) >= 11 is 0. The molecule has 1 saturated heterocycles. The number of aromatic amines is 1. The summed E-state index contributed by atoms with van der Waals surface area (Å²) in [5, 5.41) is 1.08. The quantitative estimate of drug-likeness (QED) is 0.850. The Kier molecular flexibility index (Phi) is 4.69. The summed E-state index contributed by atoms with van der Waals surface area (Å²) in [7, 11) is 0. The van der Waals surface area contributed by atoms with Crippen LogP contribution in [0.2, 0.25) is 0 Å². The third kappa shape index (κ3) is 3.84. The molecule has 26 heavy (non-hydrogen) atoms. The number of benzene rings is 1. The fourth-order valence-corrected chi connectivity index (χ4v) is 3.30. The minimum absolute atomic E-state index is 0.0258. The number of carbonyl (C=O) groups is 2. The summed E-state index contributed by atoms with van der Waals surface area (Å²) in [6, 6.07) is 6.09. The predicted octanol–water partition coefficient (Wildman–Crippen LogP) is 3.48. The standard InChI is InChI=1S/C20H27N3O3/c1-13-10-14(2)15-12-17(21-16(15)11-13)18(24)22-6-8-23(9-7-22)19(25)26-20(3,4)5/h10-12,21H,6-9H2,1-5H3. The van der Waals surface area contributed by atoms with Crippen LogP contribution in [0.3, 0.4) is 0 Å². The molecule has 0 unspecified atom stereocenters. The Bertz CT molecular complexity index is 840. The average molecular weight is 357 g/mol. The fraction of sp³-hybridized carbons (Fsp3) is 0.500. The second kappa shape index (κ2) is 6.67. The molecule has 1 aliphatic rings. The molecular formula is C20H27N3O3. The summed E-state index contributed by atoms with van der Waals surface area (Å²) in [6.45, 7) is 11.6. The Hall–Kier alpha value is -2.50. The Balaban J connectivity index is 1.67. The van der Waals surface area contributed by atoms with Gasteiger partial charge in [-0.25, -0.2) is 4.79 Å². The molecule has 0 aliphatic carbocycles. The number of hydrogen-bond donors (Lipinski definition) is 1. The van der Waals surface area contributed by atoms with E-state index in [2.05, 4.69) is 24.0 Å². The molecule has 3 rings (SSSR count). The lowest BCUT2D eigenvalue weighted by molar-refractivity contribution is 0.0140. The van der Waals surface area contributed by atoms with Gasteiger partial charge in [0.15, 0.2) is 0 Å². The Labute approximate surface area is 154 Å². The maximum absolute atomic E-state index is 12.8. The van der Waals surface area contributed by atoms with Crippen molar-refractivity contribution < 1.29 is 14.3 Å². The van der Waals surface area contributed by atoms with Crippen LogP contribution in [-0.2, 0) is 4.74 Å². The fourth-order valence-electron chi connectivity index (χ4n) is 3.30. The highest BCUT2D eigenvalue weighted by atomic mass is 16.6.